The van der Waals surface area contributed by atoms with E-state index < -0.39 is 0 Å². The molecule has 4 nitrogen and oxygen atoms in total. The zero-order chi connectivity index (χ0) is 14.1. The third-order valence-electron chi connectivity index (χ3n) is 3.13. The van der Waals surface area contributed by atoms with Gasteiger partial charge in [0.25, 0.3) is 0 Å². The lowest BCUT2D eigenvalue weighted by atomic mass is 10.1. The molecule has 1 heterocycles. The van der Waals surface area contributed by atoms with Gasteiger partial charge in [-0.3, -0.25) is 0 Å². The van der Waals surface area contributed by atoms with E-state index in [0.717, 1.165) is 16.3 Å². The molecule has 0 saturated carbocycles. The van der Waals surface area contributed by atoms with Gasteiger partial charge >= 0.3 is 0 Å². The molecule has 0 radical (unpaired) electrons. The van der Waals surface area contributed by atoms with Crippen LogP contribution < -0.4 is 10.5 Å². The van der Waals surface area contributed by atoms with Crippen LogP contribution in [-0.4, -0.2) is 10.1 Å². The predicted octanol–water partition coefficient (Wildman–Crippen LogP) is 3.62. The summed E-state index contributed by atoms with van der Waals surface area (Å²) >= 11 is 0. The van der Waals surface area contributed by atoms with E-state index in [-0.39, 0.29) is 5.75 Å². The lowest BCUT2D eigenvalue weighted by Gasteiger charge is -2.10. The van der Waals surface area contributed by atoms with Crippen molar-refractivity contribution >= 4 is 16.5 Å². The highest BCUT2D eigenvalue weighted by molar-refractivity contribution is 5.88. The van der Waals surface area contributed by atoms with Crippen molar-refractivity contribution in [3.63, 3.8) is 0 Å². The Bertz CT molecular complexity index is 785. The molecule has 1 aromatic heterocycles. The van der Waals surface area contributed by atoms with Crippen molar-refractivity contribution in [1.29, 1.82) is 0 Å². The second-order valence-corrected chi connectivity index (χ2v) is 4.65. The van der Waals surface area contributed by atoms with Gasteiger partial charge < -0.3 is 15.6 Å². The SMILES string of the molecule is Cc1ccc(N)cc1Oc1nccc2ccc(O)cc12. The number of pyridine rings is 1. The Kier molecular flexibility index (Phi) is 2.91. The second kappa shape index (κ2) is 4.74. The standard InChI is InChI=1S/C16H14N2O2/c1-10-2-4-12(17)8-15(10)20-16-14-9-13(19)5-3-11(14)6-7-18-16/h2-9,19H,17H2,1H3. The molecule has 2 aromatic carbocycles. The van der Waals surface area contributed by atoms with Gasteiger partial charge in [-0.1, -0.05) is 12.1 Å². The summed E-state index contributed by atoms with van der Waals surface area (Å²) in [5.74, 6) is 1.29. The summed E-state index contributed by atoms with van der Waals surface area (Å²) in [5.41, 5.74) is 7.38. The van der Waals surface area contributed by atoms with Crippen molar-refractivity contribution in [2.24, 2.45) is 0 Å². The van der Waals surface area contributed by atoms with Gasteiger partial charge in [0.2, 0.25) is 5.88 Å². The Labute approximate surface area is 116 Å². The average Bonchev–Trinajstić information content (AvgIpc) is 2.43. The molecule has 4 heteroatoms. The van der Waals surface area contributed by atoms with Crippen molar-refractivity contribution in [2.45, 2.75) is 6.92 Å². The predicted molar refractivity (Wildman–Crippen MR) is 79.1 cm³/mol. The quantitative estimate of drug-likeness (QED) is 0.695. The molecule has 0 fully saturated rings. The fraction of sp³-hybridized carbons (Fsp3) is 0.0625. The Balaban J connectivity index is 2.10. The number of aromatic hydroxyl groups is 1. The Morgan fingerprint density at radius 3 is 2.80 bits per heavy atom. The van der Waals surface area contributed by atoms with Crippen LogP contribution in [0.15, 0.2) is 48.7 Å². The van der Waals surface area contributed by atoms with Crippen LogP contribution >= 0.6 is 0 Å². The summed E-state index contributed by atoms with van der Waals surface area (Å²) in [5, 5.41) is 11.3. The number of nitrogens with two attached hydrogens (primary N) is 1. The van der Waals surface area contributed by atoms with Gasteiger partial charge in [0.15, 0.2) is 0 Å². The largest absolute Gasteiger partial charge is 0.508 e. The highest BCUT2D eigenvalue weighted by Gasteiger charge is 2.08. The molecule has 0 amide bonds. The number of nitrogens with zero attached hydrogens (tertiary/aromatic N) is 1. The van der Waals surface area contributed by atoms with Crippen LogP contribution in [0.2, 0.25) is 0 Å². The molecule has 0 spiro atoms. The number of phenolic OH excluding ortho intramolecular Hbond substituents is 1. The first-order valence-corrected chi connectivity index (χ1v) is 6.25. The number of ether oxygens (including phenoxy) is 1. The summed E-state index contributed by atoms with van der Waals surface area (Å²) in [6.07, 6.45) is 1.68. The number of aromatic nitrogens is 1. The van der Waals surface area contributed by atoms with Crippen LogP contribution in [0.3, 0.4) is 0 Å². The van der Waals surface area contributed by atoms with E-state index in [9.17, 15) is 5.11 Å². The number of aryl methyl sites for hydroxylation is 1. The van der Waals surface area contributed by atoms with E-state index >= 15 is 0 Å². The highest BCUT2D eigenvalue weighted by Crippen LogP contribution is 2.32. The van der Waals surface area contributed by atoms with Gasteiger partial charge in [0.05, 0.1) is 0 Å². The molecule has 3 N–H and O–H groups in total. The fourth-order valence-corrected chi connectivity index (χ4v) is 2.04. The molecule has 3 aromatic rings. The Hall–Kier alpha value is -2.75. The number of benzene rings is 2. The topological polar surface area (TPSA) is 68.4 Å². The van der Waals surface area contributed by atoms with Gasteiger partial charge in [-0.25, -0.2) is 4.98 Å². The zero-order valence-electron chi connectivity index (χ0n) is 11.0. The van der Waals surface area contributed by atoms with Gasteiger partial charge in [0.1, 0.15) is 11.5 Å². The van der Waals surface area contributed by atoms with Crippen LogP contribution in [0, 0.1) is 6.92 Å². The number of nitrogen functional groups attached to an aromatic ring is 1. The third-order valence-corrected chi connectivity index (χ3v) is 3.13. The van der Waals surface area contributed by atoms with Crippen molar-refractivity contribution in [3.05, 3.63) is 54.2 Å². The summed E-state index contributed by atoms with van der Waals surface area (Å²) in [6, 6.07) is 12.5. The minimum Gasteiger partial charge on any atom is -0.508 e. The number of rotatable bonds is 2. The van der Waals surface area contributed by atoms with Gasteiger partial charge in [0, 0.05) is 23.3 Å². The minimum absolute atomic E-state index is 0.180. The lowest BCUT2D eigenvalue weighted by molar-refractivity contribution is 0.463. The van der Waals surface area contributed by atoms with E-state index in [1.54, 1.807) is 24.4 Å². The Morgan fingerprint density at radius 1 is 1.10 bits per heavy atom. The molecule has 3 rings (SSSR count). The summed E-state index contributed by atoms with van der Waals surface area (Å²) < 4.78 is 5.86. The zero-order valence-corrected chi connectivity index (χ0v) is 11.0. The minimum atomic E-state index is 0.180. The monoisotopic (exact) mass is 266 g/mol. The van der Waals surface area contributed by atoms with Crippen LogP contribution in [-0.2, 0) is 0 Å². The second-order valence-electron chi connectivity index (χ2n) is 4.65. The third kappa shape index (κ3) is 2.23. The molecular formula is C16H14N2O2. The van der Waals surface area contributed by atoms with Gasteiger partial charge in [-0.05, 0) is 42.1 Å². The number of hydrogen-bond acceptors (Lipinski definition) is 4. The van der Waals surface area contributed by atoms with Crippen molar-refractivity contribution < 1.29 is 9.84 Å². The Morgan fingerprint density at radius 2 is 1.95 bits per heavy atom. The van der Waals surface area contributed by atoms with Crippen molar-refractivity contribution in [3.8, 4) is 17.4 Å². The molecule has 0 saturated heterocycles. The summed E-state index contributed by atoms with van der Waals surface area (Å²) in [4.78, 5) is 4.24. The lowest BCUT2D eigenvalue weighted by Crippen LogP contribution is -1.93. The van der Waals surface area contributed by atoms with Crippen LogP contribution in [0.4, 0.5) is 5.69 Å². The first kappa shape index (κ1) is 12.3. The molecule has 100 valence electrons. The van der Waals surface area contributed by atoms with E-state index in [4.69, 9.17) is 10.5 Å². The average molecular weight is 266 g/mol. The fourth-order valence-electron chi connectivity index (χ4n) is 2.04. The molecular weight excluding hydrogens is 252 g/mol. The summed E-state index contributed by atoms with van der Waals surface area (Å²) in [7, 11) is 0. The molecule has 0 atom stereocenters. The molecule has 0 unspecified atom stereocenters. The van der Waals surface area contributed by atoms with E-state index in [1.807, 2.05) is 31.2 Å². The maximum Gasteiger partial charge on any atom is 0.227 e. The summed E-state index contributed by atoms with van der Waals surface area (Å²) in [6.45, 7) is 1.94. The highest BCUT2D eigenvalue weighted by atomic mass is 16.5. The number of anilines is 1. The normalized spacial score (nSPS) is 10.7. The van der Waals surface area contributed by atoms with Gasteiger partial charge in [-0.15, -0.1) is 0 Å². The maximum absolute atomic E-state index is 9.62. The molecule has 0 bridgehead atoms. The molecule has 0 aliphatic rings. The molecule has 0 aliphatic heterocycles. The van der Waals surface area contributed by atoms with Crippen LogP contribution in [0.1, 0.15) is 5.56 Å². The van der Waals surface area contributed by atoms with E-state index in [1.165, 1.54) is 0 Å². The van der Waals surface area contributed by atoms with Crippen molar-refractivity contribution in [2.75, 3.05) is 5.73 Å². The first-order chi connectivity index (χ1) is 9.63. The van der Waals surface area contributed by atoms with Gasteiger partial charge in [-0.2, -0.15) is 0 Å². The van der Waals surface area contributed by atoms with Crippen LogP contribution in [0.25, 0.3) is 10.8 Å². The molecule has 20 heavy (non-hydrogen) atoms. The van der Waals surface area contributed by atoms with E-state index in [0.29, 0.717) is 17.3 Å². The smallest absolute Gasteiger partial charge is 0.227 e. The first-order valence-electron chi connectivity index (χ1n) is 6.25. The van der Waals surface area contributed by atoms with Crippen molar-refractivity contribution in [1.82, 2.24) is 4.98 Å². The number of hydrogen-bond donors (Lipinski definition) is 2. The van der Waals surface area contributed by atoms with Crippen LogP contribution in [0.5, 0.6) is 17.4 Å². The number of fused-ring (bicyclic) bond motifs is 1. The molecule has 0 aliphatic carbocycles. The maximum atomic E-state index is 9.62. The van der Waals surface area contributed by atoms with E-state index in [2.05, 4.69) is 4.98 Å². The number of phenols is 1.